The molecule has 0 aliphatic rings. The molecule has 6 nitrogen and oxygen atoms in total. The first-order chi connectivity index (χ1) is 17.0. The van der Waals surface area contributed by atoms with Gasteiger partial charge in [0.05, 0.1) is 17.3 Å². The van der Waals surface area contributed by atoms with Crippen LogP contribution in [0.15, 0.2) is 57.9 Å². The lowest BCUT2D eigenvalue weighted by Gasteiger charge is -2.15. The zero-order valence-electron chi connectivity index (χ0n) is 21.4. The molecule has 0 radical (unpaired) electrons. The van der Waals surface area contributed by atoms with Gasteiger partial charge < -0.3 is 8.98 Å². The molecule has 4 aromatic rings. The van der Waals surface area contributed by atoms with Gasteiger partial charge in [-0.2, -0.15) is 5.26 Å². The summed E-state index contributed by atoms with van der Waals surface area (Å²) < 4.78 is 9.89. The van der Waals surface area contributed by atoms with Crippen LogP contribution in [-0.4, -0.2) is 14.9 Å². The van der Waals surface area contributed by atoms with Gasteiger partial charge in [-0.05, 0) is 68.3 Å². The van der Waals surface area contributed by atoms with Gasteiger partial charge in [0.25, 0.3) is 5.56 Å². The molecule has 4 rings (SSSR count). The number of nitriles is 1. The highest BCUT2D eigenvalue weighted by Gasteiger charge is 2.27. The normalized spacial score (nSPS) is 13.1. The van der Waals surface area contributed by atoms with Crippen LogP contribution >= 0.6 is 11.3 Å². The Morgan fingerprint density at radius 1 is 1.14 bits per heavy atom. The smallest absolute Gasteiger partial charge is 0.269 e. The minimum atomic E-state index is -0.761. The molecule has 3 aromatic heterocycles. The highest BCUT2D eigenvalue weighted by molar-refractivity contribution is 7.07. The van der Waals surface area contributed by atoms with Crippen LogP contribution in [0.4, 0.5) is 0 Å². The average molecular weight is 500 g/mol. The SMILES string of the molecule is Cc1cccc(-n2c(C)cc(/C=c3/s/c(=C(/C#N)C(=O)C(C)(C)C)n(Cc4ccco4)c3=O)c2C)c1. The van der Waals surface area contributed by atoms with Gasteiger partial charge >= 0.3 is 0 Å². The van der Waals surface area contributed by atoms with Crippen LogP contribution in [0.2, 0.25) is 0 Å². The predicted molar refractivity (Wildman–Crippen MR) is 143 cm³/mol. The van der Waals surface area contributed by atoms with Crippen LogP contribution in [-0.2, 0) is 11.3 Å². The van der Waals surface area contributed by atoms with E-state index >= 15 is 0 Å². The molecule has 0 amide bonds. The Hall–Kier alpha value is -3.89. The summed E-state index contributed by atoms with van der Waals surface area (Å²) in [5.41, 5.74) is 4.14. The van der Waals surface area contributed by atoms with Gasteiger partial charge in [0.15, 0.2) is 5.78 Å². The standard InChI is InChI=1S/C29H29N3O3S/c1-18-9-7-10-22(13-18)32-19(2)14-21(20(32)3)15-25-27(34)31(17-23-11-8-12-35-23)28(36-25)24(16-30)26(33)29(4,5)6/h7-15H,17H2,1-6H3/b25-15+,28-24-. The largest absolute Gasteiger partial charge is 0.467 e. The van der Waals surface area contributed by atoms with Gasteiger partial charge in [0, 0.05) is 22.5 Å². The predicted octanol–water partition coefficient (Wildman–Crippen LogP) is 4.39. The maximum absolute atomic E-state index is 13.6. The van der Waals surface area contributed by atoms with E-state index in [1.165, 1.54) is 22.2 Å². The van der Waals surface area contributed by atoms with Crippen molar-refractivity contribution in [1.82, 2.24) is 9.13 Å². The van der Waals surface area contributed by atoms with Gasteiger partial charge in [-0.15, -0.1) is 11.3 Å². The van der Waals surface area contributed by atoms with Crippen molar-refractivity contribution in [2.45, 2.75) is 48.1 Å². The van der Waals surface area contributed by atoms with Crippen LogP contribution in [0, 0.1) is 37.5 Å². The molecular weight excluding hydrogens is 470 g/mol. The molecule has 0 aliphatic carbocycles. The lowest BCUT2D eigenvalue weighted by atomic mass is 9.87. The third kappa shape index (κ3) is 4.77. The van der Waals surface area contributed by atoms with E-state index in [0.717, 1.165) is 28.2 Å². The molecule has 0 spiro atoms. The molecule has 184 valence electrons. The molecule has 36 heavy (non-hydrogen) atoms. The Kier molecular flexibility index (Phi) is 6.75. The lowest BCUT2D eigenvalue weighted by molar-refractivity contribution is -0.120. The molecule has 0 atom stereocenters. The zero-order valence-corrected chi connectivity index (χ0v) is 22.2. The van der Waals surface area contributed by atoms with Crippen molar-refractivity contribution >= 4 is 28.8 Å². The number of hydrogen-bond donors (Lipinski definition) is 0. The number of benzene rings is 1. The summed E-state index contributed by atoms with van der Waals surface area (Å²) in [7, 11) is 0. The molecule has 0 fully saturated rings. The fourth-order valence-electron chi connectivity index (χ4n) is 4.22. The van der Waals surface area contributed by atoms with Gasteiger partial charge in [-0.25, -0.2) is 0 Å². The van der Waals surface area contributed by atoms with Gasteiger partial charge in [-0.3, -0.25) is 14.2 Å². The molecule has 0 bridgehead atoms. The molecular formula is C29H29N3O3S. The fourth-order valence-corrected chi connectivity index (χ4v) is 5.31. The molecule has 1 aromatic carbocycles. The number of ketones is 1. The number of furan rings is 1. The van der Waals surface area contributed by atoms with Crippen LogP contribution in [0.5, 0.6) is 0 Å². The third-order valence-corrected chi connectivity index (χ3v) is 7.18. The van der Waals surface area contributed by atoms with E-state index in [0.29, 0.717) is 15.0 Å². The van der Waals surface area contributed by atoms with E-state index in [1.54, 1.807) is 32.9 Å². The first kappa shape index (κ1) is 25.2. The van der Waals surface area contributed by atoms with E-state index in [9.17, 15) is 14.9 Å². The number of Topliss-reactive ketones (excluding diaryl/α,β-unsaturated/α-hetero) is 1. The van der Waals surface area contributed by atoms with Crippen LogP contribution in [0.3, 0.4) is 0 Å². The van der Waals surface area contributed by atoms with E-state index < -0.39 is 5.41 Å². The van der Waals surface area contributed by atoms with E-state index in [2.05, 4.69) is 35.8 Å². The van der Waals surface area contributed by atoms with Crippen molar-refractivity contribution in [1.29, 1.82) is 5.26 Å². The number of hydrogen-bond acceptors (Lipinski definition) is 5. The number of aryl methyl sites for hydroxylation is 2. The Morgan fingerprint density at radius 3 is 2.50 bits per heavy atom. The number of rotatable bonds is 5. The highest BCUT2D eigenvalue weighted by Crippen LogP contribution is 2.22. The van der Waals surface area contributed by atoms with Crippen molar-refractivity contribution in [2.75, 3.05) is 0 Å². The first-order valence-electron chi connectivity index (χ1n) is 11.7. The second kappa shape index (κ2) is 9.63. The first-order valence-corrected chi connectivity index (χ1v) is 12.5. The summed E-state index contributed by atoms with van der Waals surface area (Å²) >= 11 is 1.17. The van der Waals surface area contributed by atoms with Crippen molar-refractivity contribution in [3.05, 3.63) is 96.6 Å². The zero-order chi connectivity index (χ0) is 26.2. The van der Waals surface area contributed by atoms with Crippen molar-refractivity contribution < 1.29 is 9.21 Å². The van der Waals surface area contributed by atoms with Crippen molar-refractivity contribution in [2.24, 2.45) is 5.41 Å². The highest BCUT2D eigenvalue weighted by atomic mass is 32.1. The summed E-state index contributed by atoms with van der Waals surface area (Å²) in [6.45, 7) is 11.5. The Labute approximate surface area is 214 Å². The molecule has 0 saturated heterocycles. The molecule has 0 unspecified atom stereocenters. The van der Waals surface area contributed by atoms with Crippen LogP contribution in [0.25, 0.3) is 17.3 Å². The summed E-state index contributed by atoms with van der Waals surface area (Å²) in [4.78, 5) is 26.7. The summed E-state index contributed by atoms with van der Waals surface area (Å²) in [6, 6.07) is 15.9. The lowest BCUT2D eigenvalue weighted by Crippen LogP contribution is -2.34. The minimum Gasteiger partial charge on any atom is -0.467 e. The maximum atomic E-state index is 13.6. The van der Waals surface area contributed by atoms with Crippen molar-refractivity contribution in [3.63, 3.8) is 0 Å². The number of carbonyl (C=O) groups excluding carboxylic acids is 1. The second-order valence-electron chi connectivity index (χ2n) is 9.95. The number of nitrogens with zero attached hydrogens (tertiary/aromatic N) is 3. The van der Waals surface area contributed by atoms with Gasteiger partial charge in [-0.1, -0.05) is 32.9 Å². The summed E-state index contributed by atoms with van der Waals surface area (Å²) in [5.74, 6) is 0.268. The molecule has 3 heterocycles. The van der Waals surface area contributed by atoms with Crippen molar-refractivity contribution in [3.8, 4) is 11.8 Å². The van der Waals surface area contributed by atoms with Crippen LogP contribution < -0.4 is 14.8 Å². The molecule has 0 saturated carbocycles. The third-order valence-electron chi connectivity index (χ3n) is 6.05. The maximum Gasteiger partial charge on any atom is 0.269 e. The summed E-state index contributed by atoms with van der Waals surface area (Å²) in [6.07, 6.45) is 3.38. The Morgan fingerprint density at radius 2 is 1.89 bits per heavy atom. The van der Waals surface area contributed by atoms with E-state index in [-0.39, 0.29) is 23.5 Å². The Bertz CT molecular complexity index is 1670. The number of aromatic nitrogens is 2. The van der Waals surface area contributed by atoms with Crippen LogP contribution in [0.1, 0.15) is 49.0 Å². The van der Waals surface area contributed by atoms with Gasteiger partial charge in [0.1, 0.15) is 22.1 Å². The molecule has 7 heteroatoms. The minimum absolute atomic E-state index is 0.0129. The Balaban J connectivity index is 1.97. The quantitative estimate of drug-likeness (QED) is 0.408. The van der Waals surface area contributed by atoms with Gasteiger partial charge in [0.2, 0.25) is 0 Å². The van der Waals surface area contributed by atoms with E-state index in [1.807, 2.05) is 32.1 Å². The topological polar surface area (TPSA) is 80.9 Å². The number of thiazole rings is 1. The molecule has 0 N–H and O–H groups in total. The molecule has 0 aliphatic heterocycles. The fraction of sp³-hybridized carbons (Fsp3) is 0.276. The summed E-state index contributed by atoms with van der Waals surface area (Å²) in [5, 5.41) is 9.93. The number of carbonyl (C=O) groups is 1. The van der Waals surface area contributed by atoms with E-state index in [4.69, 9.17) is 4.42 Å². The second-order valence-corrected chi connectivity index (χ2v) is 11.0. The monoisotopic (exact) mass is 499 g/mol. The average Bonchev–Trinajstić information content (AvgIpc) is 3.50.